The molecule has 0 radical (unpaired) electrons. The van der Waals surface area contributed by atoms with Crippen LogP contribution in [0.4, 0.5) is 0 Å². The van der Waals surface area contributed by atoms with Crippen LogP contribution in [0.5, 0.6) is 0 Å². The van der Waals surface area contributed by atoms with Crippen LogP contribution in [0.1, 0.15) is 70.8 Å². The first-order valence-electron chi connectivity index (χ1n) is 10.4. The van der Waals surface area contributed by atoms with Crippen molar-refractivity contribution in [1.29, 1.82) is 0 Å². The third-order valence-corrected chi connectivity index (χ3v) is 8.57. The lowest BCUT2D eigenvalue weighted by Gasteiger charge is -2.57. The van der Waals surface area contributed by atoms with Gasteiger partial charge in [-0.3, -0.25) is 4.98 Å². The van der Waals surface area contributed by atoms with Crippen LogP contribution in [-0.4, -0.2) is 4.98 Å². The van der Waals surface area contributed by atoms with E-state index in [0.717, 1.165) is 17.8 Å². The molecule has 5 unspecified atom stereocenters. The molecule has 0 spiro atoms. The second-order valence-corrected chi connectivity index (χ2v) is 9.52. The van der Waals surface area contributed by atoms with Crippen molar-refractivity contribution in [2.45, 2.75) is 65.2 Å². The number of hydrogen-bond donors (Lipinski definition) is 0. The monoisotopic (exact) mass is 333 g/mol. The molecule has 0 amide bonds. The average Bonchev–Trinajstić information content (AvgIpc) is 2.99. The van der Waals surface area contributed by atoms with Crippen molar-refractivity contribution in [2.75, 3.05) is 0 Å². The Morgan fingerprint density at radius 3 is 2.76 bits per heavy atom. The molecule has 0 saturated heterocycles. The molecule has 5 rings (SSSR count). The van der Waals surface area contributed by atoms with Gasteiger partial charge in [-0.2, -0.15) is 0 Å². The second-order valence-electron chi connectivity index (χ2n) is 9.52. The minimum Gasteiger partial charge on any atom is -0.264 e. The molecule has 5 atom stereocenters. The highest BCUT2D eigenvalue weighted by Crippen LogP contribution is 2.66. The lowest BCUT2D eigenvalue weighted by atomic mass is 9.47. The molecule has 0 aromatic carbocycles. The fourth-order valence-electron chi connectivity index (χ4n) is 7.24. The first kappa shape index (κ1) is 15.9. The van der Waals surface area contributed by atoms with E-state index in [0.29, 0.717) is 10.8 Å². The zero-order valence-corrected chi connectivity index (χ0v) is 15.8. The van der Waals surface area contributed by atoms with Gasteiger partial charge in [0.05, 0.1) is 0 Å². The smallest absolute Gasteiger partial charge is 0.0343 e. The van der Waals surface area contributed by atoms with Gasteiger partial charge in [-0.1, -0.05) is 44.1 Å². The standard InChI is InChI=1S/C24H31N/c1-23-13-4-3-7-18(23)8-9-19-21-11-10-20(17-6-5-15-25-16-17)24(21,2)14-12-22(19)23/h5-6,8,10,15-16,19,21-22H,3-4,7,9,11-14H2,1-2H3. The van der Waals surface area contributed by atoms with Crippen LogP contribution in [0, 0.1) is 28.6 Å². The van der Waals surface area contributed by atoms with E-state index in [1.807, 2.05) is 11.8 Å². The predicted octanol–water partition coefficient (Wildman–Crippen LogP) is 6.43. The maximum absolute atomic E-state index is 4.39. The van der Waals surface area contributed by atoms with Gasteiger partial charge in [-0.25, -0.2) is 0 Å². The van der Waals surface area contributed by atoms with Gasteiger partial charge < -0.3 is 0 Å². The third-order valence-electron chi connectivity index (χ3n) is 8.57. The summed E-state index contributed by atoms with van der Waals surface area (Å²) in [6.45, 7) is 5.17. The first-order chi connectivity index (χ1) is 12.1. The normalized spacial score (nSPS) is 42.7. The Morgan fingerprint density at radius 1 is 1.00 bits per heavy atom. The minimum atomic E-state index is 0.362. The van der Waals surface area contributed by atoms with E-state index in [-0.39, 0.29) is 0 Å². The molecule has 0 aliphatic heterocycles. The predicted molar refractivity (Wildman–Crippen MR) is 104 cm³/mol. The van der Waals surface area contributed by atoms with Crippen LogP contribution < -0.4 is 0 Å². The van der Waals surface area contributed by atoms with E-state index < -0.39 is 0 Å². The van der Waals surface area contributed by atoms with Crippen LogP contribution in [-0.2, 0) is 0 Å². The molecule has 1 nitrogen and oxygen atoms in total. The summed E-state index contributed by atoms with van der Waals surface area (Å²) in [5, 5.41) is 0. The zero-order chi connectivity index (χ0) is 17.1. The summed E-state index contributed by atoms with van der Waals surface area (Å²) < 4.78 is 0. The van der Waals surface area contributed by atoms with Crippen LogP contribution in [0.3, 0.4) is 0 Å². The highest BCUT2D eigenvalue weighted by atomic mass is 14.6. The van der Waals surface area contributed by atoms with Gasteiger partial charge in [0.2, 0.25) is 0 Å². The quantitative estimate of drug-likeness (QED) is 0.540. The number of rotatable bonds is 1. The molecule has 1 aromatic rings. The molecule has 0 bridgehead atoms. The van der Waals surface area contributed by atoms with Gasteiger partial charge in [-0.15, -0.1) is 0 Å². The van der Waals surface area contributed by atoms with E-state index in [9.17, 15) is 0 Å². The van der Waals surface area contributed by atoms with Gasteiger partial charge in [0, 0.05) is 12.4 Å². The van der Waals surface area contributed by atoms with E-state index >= 15 is 0 Å². The topological polar surface area (TPSA) is 12.9 Å². The molecule has 2 saturated carbocycles. The molecule has 132 valence electrons. The largest absolute Gasteiger partial charge is 0.264 e. The maximum Gasteiger partial charge on any atom is 0.0343 e. The summed E-state index contributed by atoms with van der Waals surface area (Å²) in [6.07, 6.45) is 20.3. The number of pyridine rings is 1. The summed E-state index contributed by atoms with van der Waals surface area (Å²) in [5.74, 6) is 2.64. The van der Waals surface area contributed by atoms with E-state index in [2.05, 4.69) is 49.3 Å². The van der Waals surface area contributed by atoms with Gasteiger partial charge in [-0.05, 0) is 90.7 Å². The molecular formula is C24H31N. The van der Waals surface area contributed by atoms with E-state index in [1.165, 1.54) is 56.9 Å². The molecular weight excluding hydrogens is 302 g/mol. The fourth-order valence-corrected chi connectivity index (χ4v) is 7.24. The SMILES string of the molecule is CC12CCCCC1=CCC1C2CCC2(C)C(c3cccnc3)=CCC12. The van der Waals surface area contributed by atoms with Gasteiger partial charge >= 0.3 is 0 Å². The Labute approximate surface area is 152 Å². The number of hydrogen-bond acceptors (Lipinski definition) is 1. The number of allylic oxidation sites excluding steroid dienone is 4. The summed E-state index contributed by atoms with van der Waals surface area (Å²) in [7, 11) is 0. The number of nitrogens with zero attached hydrogens (tertiary/aromatic N) is 1. The molecule has 1 heteroatoms. The molecule has 1 heterocycles. The molecule has 0 N–H and O–H groups in total. The summed E-state index contributed by atoms with van der Waals surface area (Å²) in [6, 6.07) is 4.36. The summed E-state index contributed by atoms with van der Waals surface area (Å²) in [5.41, 5.74) is 5.65. The van der Waals surface area contributed by atoms with Crippen molar-refractivity contribution < 1.29 is 0 Å². The molecule has 1 aromatic heterocycles. The van der Waals surface area contributed by atoms with Crippen molar-refractivity contribution in [3.05, 3.63) is 47.8 Å². The minimum absolute atomic E-state index is 0.362. The Kier molecular flexibility index (Phi) is 3.53. The second kappa shape index (κ2) is 5.56. The van der Waals surface area contributed by atoms with Crippen LogP contribution in [0.15, 0.2) is 42.3 Å². The van der Waals surface area contributed by atoms with Gasteiger partial charge in [0.1, 0.15) is 0 Å². The fraction of sp³-hybridized carbons (Fsp3) is 0.625. The Hall–Kier alpha value is -1.37. The molecule has 25 heavy (non-hydrogen) atoms. The number of fused-ring (bicyclic) bond motifs is 5. The summed E-state index contributed by atoms with van der Waals surface area (Å²) in [4.78, 5) is 4.39. The molecule has 4 aliphatic rings. The lowest BCUT2D eigenvalue weighted by Crippen LogP contribution is -2.48. The first-order valence-corrected chi connectivity index (χ1v) is 10.4. The van der Waals surface area contributed by atoms with Crippen molar-refractivity contribution in [2.24, 2.45) is 28.6 Å². The Morgan fingerprint density at radius 2 is 1.92 bits per heavy atom. The van der Waals surface area contributed by atoms with Gasteiger partial charge in [0.25, 0.3) is 0 Å². The van der Waals surface area contributed by atoms with Gasteiger partial charge in [0.15, 0.2) is 0 Å². The third kappa shape index (κ3) is 2.17. The van der Waals surface area contributed by atoms with Crippen LogP contribution in [0.2, 0.25) is 0 Å². The zero-order valence-electron chi connectivity index (χ0n) is 15.8. The summed E-state index contributed by atoms with van der Waals surface area (Å²) >= 11 is 0. The van der Waals surface area contributed by atoms with E-state index in [1.54, 1.807) is 5.57 Å². The Bertz CT molecular complexity index is 730. The van der Waals surface area contributed by atoms with Crippen molar-refractivity contribution in [1.82, 2.24) is 4.98 Å². The van der Waals surface area contributed by atoms with Crippen LogP contribution in [0.25, 0.3) is 5.57 Å². The van der Waals surface area contributed by atoms with Crippen molar-refractivity contribution >= 4 is 5.57 Å². The highest BCUT2D eigenvalue weighted by molar-refractivity contribution is 5.72. The number of aromatic nitrogens is 1. The highest BCUT2D eigenvalue weighted by Gasteiger charge is 2.56. The molecule has 4 aliphatic carbocycles. The Balaban J connectivity index is 1.49. The van der Waals surface area contributed by atoms with Crippen molar-refractivity contribution in [3.63, 3.8) is 0 Å². The average molecular weight is 334 g/mol. The molecule has 2 fully saturated rings. The van der Waals surface area contributed by atoms with Crippen LogP contribution >= 0.6 is 0 Å². The maximum atomic E-state index is 4.39. The lowest BCUT2D eigenvalue weighted by molar-refractivity contribution is -0.00980. The van der Waals surface area contributed by atoms with E-state index in [4.69, 9.17) is 0 Å². The van der Waals surface area contributed by atoms with Crippen molar-refractivity contribution in [3.8, 4) is 0 Å².